The van der Waals surface area contributed by atoms with Crippen molar-refractivity contribution in [1.82, 2.24) is 5.32 Å². The van der Waals surface area contributed by atoms with Gasteiger partial charge in [-0.25, -0.2) is 9.59 Å². The van der Waals surface area contributed by atoms with Crippen molar-refractivity contribution in [2.24, 2.45) is 5.92 Å². The van der Waals surface area contributed by atoms with Crippen LogP contribution in [0.1, 0.15) is 30.1 Å². The van der Waals surface area contributed by atoms with E-state index in [4.69, 9.17) is 5.11 Å². The predicted octanol–water partition coefficient (Wildman–Crippen LogP) is 3.07. The summed E-state index contributed by atoms with van der Waals surface area (Å²) in [5, 5.41) is 14.4. The second-order valence-corrected chi connectivity index (χ2v) is 5.73. The average molecular weight is 327 g/mol. The smallest absolute Gasteiger partial charge is 0.335 e. The van der Waals surface area contributed by atoms with Gasteiger partial charge in [0.1, 0.15) is 0 Å². The first-order chi connectivity index (χ1) is 8.95. The van der Waals surface area contributed by atoms with Crippen molar-refractivity contribution < 1.29 is 14.7 Å². The molecule has 0 spiro atoms. The molecule has 1 aliphatic rings. The minimum atomic E-state index is -1.000. The van der Waals surface area contributed by atoms with Gasteiger partial charge in [-0.05, 0) is 52.9 Å². The summed E-state index contributed by atoms with van der Waals surface area (Å²) in [5.74, 6) is -0.327. The molecule has 2 rings (SSSR count). The summed E-state index contributed by atoms with van der Waals surface area (Å²) in [6.45, 7) is 2.15. The summed E-state index contributed by atoms with van der Waals surface area (Å²) in [7, 11) is 0. The molecule has 0 unspecified atom stereocenters. The van der Waals surface area contributed by atoms with E-state index in [0.717, 1.165) is 12.8 Å². The van der Waals surface area contributed by atoms with Crippen LogP contribution in [-0.4, -0.2) is 23.1 Å². The number of rotatable bonds is 3. The fourth-order valence-electron chi connectivity index (χ4n) is 2.11. The molecule has 0 aromatic heterocycles. The minimum Gasteiger partial charge on any atom is -0.478 e. The largest absolute Gasteiger partial charge is 0.478 e. The van der Waals surface area contributed by atoms with Gasteiger partial charge < -0.3 is 15.7 Å². The number of benzene rings is 1. The van der Waals surface area contributed by atoms with E-state index in [2.05, 4.69) is 33.5 Å². The number of anilines is 1. The Morgan fingerprint density at radius 3 is 2.58 bits per heavy atom. The van der Waals surface area contributed by atoms with E-state index in [1.165, 1.54) is 12.1 Å². The molecule has 1 aromatic carbocycles. The number of aromatic carboxylic acids is 1. The molecule has 1 aromatic rings. The molecule has 0 atom stereocenters. The van der Waals surface area contributed by atoms with Gasteiger partial charge in [0.15, 0.2) is 0 Å². The van der Waals surface area contributed by atoms with E-state index in [9.17, 15) is 9.59 Å². The van der Waals surface area contributed by atoms with Gasteiger partial charge in [0.25, 0.3) is 0 Å². The van der Waals surface area contributed by atoms with Gasteiger partial charge in [0, 0.05) is 10.5 Å². The number of hydrogen-bond acceptors (Lipinski definition) is 2. The highest BCUT2D eigenvalue weighted by Gasteiger charge is 2.26. The molecule has 102 valence electrons. The first kappa shape index (κ1) is 13.9. The van der Waals surface area contributed by atoms with Crippen LogP contribution in [0.2, 0.25) is 0 Å². The monoisotopic (exact) mass is 326 g/mol. The van der Waals surface area contributed by atoms with Crippen molar-refractivity contribution in [1.29, 1.82) is 0 Å². The van der Waals surface area contributed by atoms with Crippen molar-refractivity contribution >= 4 is 33.6 Å². The molecule has 5 nitrogen and oxygen atoms in total. The molecule has 0 aliphatic heterocycles. The van der Waals surface area contributed by atoms with Crippen molar-refractivity contribution in [2.45, 2.75) is 25.8 Å². The number of hydrogen-bond donors (Lipinski definition) is 3. The molecule has 0 bridgehead atoms. The molecule has 0 saturated heterocycles. The third-order valence-electron chi connectivity index (χ3n) is 3.17. The third-order valence-corrected chi connectivity index (χ3v) is 3.83. The van der Waals surface area contributed by atoms with E-state index in [1.807, 2.05) is 0 Å². The minimum absolute atomic E-state index is 0.172. The molecule has 2 amide bonds. The zero-order valence-corrected chi connectivity index (χ0v) is 12.0. The van der Waals surface area contributed by atoms with Crippen LogP contribution in [0.25, 0.3) is 0 Å². The summed E-state index contributed by atoms with van der Waals surface area (Å²) >= 11 is 3.24. The van der Waals surface area contributed by atoms with Gasteiger partial charge in [0.2, 0.25) is 0 Å². The maximum atomic E-state index is 11.7. The molecular formula is C13H15BrN2O3. The highest BCUT2D eigenvalue weighted by molar-refractivity contribution is 9.10. The lowest BCUT2D eigenvalue weighted by molar-refractivity contribution is 0.0697. The first-order valence-electron chi connectivity index (χ1n) is 6.06. The summed E-state index contributed by atoms with van der Waals surface area (Å²) in [4.78, 5) is 22.5. The Labute approximate surface area is 119 Å². The maximum Gasteiger partial charge on any atom is 0.335 e. The SMILES string of the molecule is CC1CC(NC(=O)Nc2ccc(C(=O)O)cc2Br)C1. The van der Waals surface area contributed by atoms with Crippen molar-refractivity contribution in [3.05, 3.63) is 28.2 Å². The highest BCUT2D eigenvalue weighted by atomic mass is 79.9. The Bertz CT molecular complexity index is 513. The Balaban J connectivity index is 1.95. The van der Waals surface area contributed by atoms with Crippen LogP contribution in [-0.2, 0) is 0 Å². The average Bonchev–Trinajstić information content (AvgIpc) is 2.29. The van der Waals surface area contributed by atoms with E-state index >= 15 is 0 Å². The first-order valence-corrected chi connectivity index (χ1v) is 6.85. The molecule has 6 heteroatoms. The quantitative estimate of drug-likeness (QED) is 0.798. The molecule has 0 radical (unpaired) electrons. The van der Waals surface area contributed by atoms with Crippen LogP contribution < -0.4 is 10.6 Å². The van der Waals surface area contributed by atoms with Crippen LogP contribution in [0.4, 0.5) is 10.5 Å². The Hall–Kier alpha value is -1.56. The highest BCUT2D eigenvalue weighted by Crippen LogP contribution is 2.27. The second kappa shape index (κ2) is 5.61. The van der Waals surface area contributed by atoms with Crippen molar-refractivity contribution in [3.63, 3.8) is 0 Å². The zero-order chi connectivity index (χ0) is 14.0. The van der Waals surface area contributed by atoms with Gasteiger partial charge >= 0.3 is 12.0 Å². The van der Waals surface area contributed by atoms with Gasteiger partial charge in [-0.1, -0.05) is 6.92 Å². The molecular weight excluding hydrogens is 312 g/mol. The lowest BCUT2D eigenvalue weighted by Gasteiger charge is -2.33. The van der Waals surface area contributed by atoms with Gasteiger partial charge in [0.05, 0.1) is 11.3 Å². The van der Waals surface area contributed by atoms with Gasteiger partial charge in [-0.15, -0.1) is 0 Å². The molecule has 0 heterocycles. The molecule has 1 saturated carbocycles. The number of carboxylic acid groups (broad SMARTS) is 1. The number of urea groups is 1. The second-order valence-electron chi connectivity index (χ2n) is 4.87. The number of amides is 2. The fraction of sp³-hybridized carbons (Fsp3) is 0.385. The summed E-state index contributed by atoms with van der Waals surface area (Å²) < 4.78 is 0.546. The molecule has 1 aliphatic carbocycles. The predicted molar refractivity (Wildman–Crippen MR) is 75.4 cm³/mol. The molecule has 1 fully saturated rings. The Morgan fingerprint density at radius 2 is 2.05 bits per heavy atom. The normalized spacial score (nSPS) is 21.4. The van der Waals surface area contributed by atoms with Crippen LogP contribution in [0.3, 0.4) is 0 Å². The summed E-state index contributed by atoms with van der Waals surface area (Å²) in [6.07, 6.45) is 2.01. The van der Waals surface area contributed by atoms with Crippen LogP contribution in [0.5, 0.6) is 0 Å². The summed E-state index contributed by atoms with van der Waals surface area (Å²) in [6, 6.07) is 4.46. The van der Waals surface area contributed by atoms with E-state index in [1.54, 1.807) is 6.07 Å². The van der Waals surface area contributed by atoms with E-state index in [0.29, 0.717) is 16.1 Å². The lowest BCUT2D eigenvalue weighted by atomic mass is 9.82. The Morgan fingerprint density at radius 1 is 1.37 bits per heavy atom. The van der Waals surface area contributed by atoms with Crippen LogP contribution in [0, 0.1) is 5.92 Å². The third kappa shape index (κ3) is 3.47. The lowest BCUT2D eigenvalue weighted by Crippen LogP contribution is -2.45. The van der Waals surface area contributed by atoms with Gasteiger partial charge in [-0.2, -0.15) is 0 Å². The number of nitrogens with one attached hydrogen (secondary N) is 2. The standard InChI is InChI=1S/C13H15BrN2O3/c1-7-4-9(5-7)15-13(19)16-11-3-2-8(12(17)18)6-10(11)14/h2-3,6-7,9H,4-5H2,1H3,(H,17,18)(H2,15,16,19). The number of carbonyl (C=O) groups excluding carboxylic acids is 1. The fourth-order valence-corrected chi connectivity index (χ4v) is 2.59. The maximum absolute atomic E-state index is 11.7. The van der Waals surface area contributed by atoms with Crippen LogP contribution >= 0.6 is 15.9 Å². The topological polar surface area (TPSA) is 78.4 Å². The van der Waals surface area contributed by atoms with E-state index in [-0.39, 0.29) is 17.6 Å². The summed E-state index contributed by atoms with van der Waals surface area (Å²) in [5.41, 5.74) is 0.723. The van der Waals surface area contributed by atoms with Crippen LogP contribution in [0.15, 0.2) is 22.7 Å². The Kier molecular flexibility index (Phi) is 4.09. The zero-order valence-electron chi connectivity index (χ0n) is 10.4. The number of carboxylic acids is 1. The van der Waals surface area contributed by atoms with E-state index < -0.39 is 5.97 Å². The number of halogens is 1. The van der Waals surface area contributed by atoms with Crippen molar-refractivity contribution in [3.8, 4) is 0 Å². The van der Waals surface area contributed by atoms with Crippen molar-refractivity contribution in [2.75, 3.05) is 5.32 Å². The van der Waals surface area contributed by atoms with Gasteiger partial charge in [-0.3, -0.25) is 0 Å². The molecule has 19 heavy (non-hydrogen) atoms. The molecule has 3 N–H and O–H groups in total. The number of carbonyl (C=O) groups is 2.